The molecule has 6 nitrogen and oxygen atoms in total. The van der Waals surface area contributed by atoms with Crippen molar-refractivity contribution in [2.75, 3.05) is 6.61 Å². The maximum atomic E-state index is 13.6. The Morgan fingerprint density at radius 3 is 1.82 bits per heavy atom. The molecular formula is C28H30N2O4. The number of carbonyl (C=O) groups is 3. The maximum Gasteiger partial charge on any atom is 0.335 e. The number of carbonyl (C=O) groups excluding carboxylic acids is 3. The molecule has 0 saturated heterocycles. The van der Waals surface area contributed by atoms with Gasteiger partial charge in [0.25, 0.3) is 11.8 Å². The van der Waals surface area contributed by atoms with Crippen LogP contribution in [0.5, 0.6) is 0 Å². The fraction of sp³-hybridized carbons (Fsp3) is 0.321. The van der Waals surface area contributed by atoms with E-state index in [0.29, 0.717) is 29.5 Å². The van der Waals surface area contributed by atoms with Gasteiger partial charge in [-0.15, -0.1) is 0 Å². The lowest BCUT2D eigenvalue weighted by molar-refractivity contribution is -0.139. The van der Waals surface area contributed by atoms with Crippen LogP contribution in [-0.2, 0) is 9.53 Å². The van der Waals surface area contributed by atoms with E-state index in [0.717, 1.165) is 18.4 Å². The van der Waals surface area contributed by atoms with Crippen molar-refractivity contribution in [1.29, 1.82) is 0 Å². The van der Waals surface area contributed by atoms with E-state index in [4.69, 9.17) is 4.74 Å². The summed E-state index contributed by atoms with van der Waals surface area (Å²) in [6, 6.07) is 17.8. The minimum Gasteiger partial charge on any atom is -0.463 e. The third-order valence-corrected chi connectivity index (χ3v) is 6.41. The fourth-order valence-corrected chi connectivity index (χ4v) is 4.70. The van der Waals surface area contributed by atoms with Gasteiger partial charge < -0.3 is 14.5 Å². The topological polar surface area (TPSA) is 66.9 Å². The lowest BCUT2D eigenvalue weighted by Gasteiger charge is -2.44. The summed E-state index contributed by atoms with van der Waals surface area (Å²) in [4.78, 5) is 43.0. The fourth-order valence-electron chi connectivity index (χ4n) is 4.70. The maximum absolute atomic E-state index is 13.6. The summed E-state index contributed by atoms with van der Waals surface area (Å²) in [7, 11) is 0. The van der Waals surface area contributed by atoms with E-state index in [-0.39, 0.29) is 30.5 Å². The predicted octanol–water partition coefficient (Wildman–Crippen LogP) is 4.95. The van der Waals surface area contributed by atoms with E-state index in [1.807, 2.05) is 61.7 Å². The Bertz CT molecular complexity index is 1110. The summed E-state index contributed by atoms with van der Waals surface area (Å²) in [6.45, 7) is 4.06. The molecule has 0 bridgehead atoms. The number of nitrogens with zero attached hydrogens (tertiary/aromatic N) is 2. The van der Waals surface area contributed by atoms with Crippen molar-refractivity contribution in [2.24, 2.45) is 0 Å². The zero-order valence-corrected chi connectivity index (χ0v) is 19.6. The first-order valence-electron chi connectivity index (χ1n) is 11.8. The average Bonchev–Trinajstić information content (AvgIpc) is 2.88. The molecule has 0 fully saturated rings. The number of allylic oxidation sites excluding steroid dienone is 1. The van der Waals surface area contributed by atoms with Gasteiger partial charge in [-0.05, 0) is 63.8 Å². The molecule has 2 aromatic carbocycles. The van der Waals surface area contributed by atoms with Crippen molar-refractivity contribution < 1.29 is 19.1 Å². The largest absolute Gasteiger partial charge is 0.463 e. The molecule has 0 aliphatic carbocycles. The average molecular weight is 459 g/mol. The van der Waals surface area contributed by atoms with E-state index in [1.54, 1.807) is 35.1 Å². The zero-order valence-electron chi connectivity index (χ0n) is 19.6. The van der Waals surface area contributed by atoms with Gasteiger partial charge in [-0.25, -0.2) is 4.79 Å². The molecule has 2 atom stereocenters. The monoisotopic (exact) mass is 458 g/mol. The summed E-state index contributed by atoms with van der Waals surface area (Å²) < 4.78 is 5.21. The smallest absolute Gasteiger partial charge is 0.335 e. The number of ether oxygens (including phenoxy) is 1. The molecule has 2 aliphatic rings. The minimum atomic E-state index is -0.400. The van der Waals surface area contributed by atoms with Crippen LogP contribution < -0.4 is 0 Å². The SMILES string of the molecule is CCOC(=O)C1=CN(C(=O)c2ccccc2)[C@@H]([C@@H]2CCC(C)=CN2C(=O)c2ccccc2)CC1. The van der Waals surface area contributed by atoms with Gasteiger partial charge in [0, 0.05) is 23.5 Å². The molecule has 0 N–H and O–H groups in total. The lowest BCUT2D eigenvalue weighted by atomic mass is 9.87. The highest BCUT2D eigenvalue weighted by Crippen LogP contribution is 2.33. The standard InChI is InChI=1S/C28H30N2O4/c1-3-34-28(33)23-15-17-25(30(19-23)27(32)22-12-8-5-9-13-22)24-16-14-20(2)18-29(24)26(31)21-10-6-4-7-11-21/h4-13,18-19,24-25H,3,14-17H2,1-2H3/t24-,25+/m0/s1. The van der Waals surface area contributed by atoms with Gasteiger partial charge in [0.05, 0.1) is 24.3 Å². The molecule has 2 amide bonds. The van der Waals surface area contributed by atoms with Crippen molar-refractivity contribution in [2.45, 2.75) is 51.6 Å². The molecule has 0 radical (unpaired) electrons. The van der Waals surface area contributed by atoms with Gasteiger partial charge in [-0.2, -0.15) is 0 Å². The molecule has 0 unspecified atom stereocenters. The molecule has 2 heterocycles. The Balaban J connectivity index is 1.71. The number of hydrogen-bond acceptors (Lipinski definition) is 4. The molecule has 4 rings (SSSR count). The van der Waals surface area contributed by atoms with Crippen molar-refractivity contribution in [3.05, 3.63) is 95.3 Å². The van der Waals surface area contributed by atoms with Crippen molar-refractivity contribution >= 4 is 17.8 Å². The van der Waals surface area contributed by atoms with Gasteiger partial charge in [-0.1, -0.05) is 42.0 Å². The van der Waals surface area contributed by atoms with Gasteiger partial charge >= 0.3 is 5.97 Å². The highest BCUT2D eigenvalue weighted by molar-refractivity contribution is 5.97. The van der Waals surface area contributed by atoms with Crippen LogP contribution in [0.25, 0.3) is 0 Å². The molecule has 176 valence electrons. The van der Waals surface area contributed by atoms with Crippen LogP contribution in [0.2, 0.25) is 0 Å². The van der Waals surface area contributed by atoms with E-state index in [9.17, 15) is 14.4 Å². The minimum absolute atomic E-state index is 0.0862. The Kier molecular flexibility index (Phi) is 7.26. The molecule has 34 heavy (non-hydrogen) atoms. The lowest BCUT2D eigenvalue weighted by Crippen LogP contribution is -2.54. The Morgan fingerprint density at radius 2 is 1.29 bits per heavy atom. The Morgan fingerprint density at radius 1 is 0.794 bits per heavy atom. The Hall–Kier alpha value is -3.67. The number of rotatable bonds is 5. The molecule has 2 aromatic rings. The highest BCUT2D eigenvalue weighted by atomic mass is 16.5. The Labute approximate surface area is 200 Å². The van der Waals surface area contributed by atoms with Crippen LogP contribution >= 0.6 is 0 Å². The summed E-state index contributed by atoms with van der Waals surface area (Å²) >= 11 is 0. The quantitative estimate of drug-likeness (QED) is 0.595. The normalized spacial score (nSPS) is 20.3. The summed E-state index contributed by atoms with van der Waals surface area (Å²) in [5.74, 6) is -0.675. The van der Waals surface area contributed by atoms with E-state index >= 15 is 0 Å². The number of benzene rings is 2. The van der Waals surface area contributed by atoms with E-state index in [2.05, 4.69) is 0 Å². The van der Waals surface area contributed by atoms with Crippen molar-refractivity contribution in [3.8, 4) is 0 Å². The second kappa shape index (κ2) is 10.5. The molecular weight excluding hydrogens is 428 g/mol. The van der Waals surface area contributed by atoms with Crippen LogP contribution in [0, 0.1) is 0 Å². The first-order valence-corrected chi connectivity index (χ1v) is 11.8. The van der Waals surface area contributed by atoms with Crippen LogP contribution in [-0.4, -0.2) is 46.3 Å². The number of esters is 1. The summed E-state index contributed by atoms with van der Waals surface area (Å²) in [5, 5.41) is 0. The molecule has 0 aromatic heterocycles. The van der Waals surface area contributed by atoms with Gasteiger partial charge in [0.2, 0.25) is 0 Å². The second-order valence-corrected chi connectivity index (χ2v) is 8.72. The van der Waals surface area contributed by atoms with Crippen molar-refractivity contribution in [1.82, 2.24) is 9.80 Å². The van der Waals surface area contributed by atoms with E-state index in [1.165, 1.54) is 0 Å². The first kappa shape index (κ1) is 23.5. The second-order valence-electron chi connectivity index (χ2n) is 8.72. The third-order valence-electron chi connectivity index (χ3n) is 6.41. The third kappa shape index (κ3) is 4.96. The van der Waals surface area contributed by atoms with Crippen LogP contribution in [0.15, 0.2) is 84.2 Å². The summed E-state index contributed by atoms with van der Waals surface area (Å²) in [5.41, 5.74) is 2.75. The first-order chi connectivity index (χ1) is 16.5. The predicted molar refractivity (Wildman–Crippen MR) is 130 cm³/mol. The molecule has 0 saturated carbocycles. The zero-order chi connectivity index (χ0) is 24.1. The molecule has 2 aliphatic heterocycles. The van der Waals surface area contributed by atoms with Crippen LogP contribution in [0.4, 0.5) is 0 Å². The highest BCUT2D eigenvalue weighted by Gasteiger charge is 2.40. The number of hydrogen-bond donors (Lipinski definition) is 0. The number of amides is 2. The molecule has 6 heteroatoms. The van der Waals surface area contributed by atoms with Gasteiger partial charge in [0.1, 0.15) is 0 Å². The summed E-state index contributed by atoms with van der Waals surface area (Å²) in [6.07, 6.45) is 6.21. The van der Waals surface area contributed by atoms with Crippen molar-refractivity contribution in [3.63, 3.8) is 0 Å². The van der Waals surface area contributed by atoms with E-state index < -0.39 is 5.97 Å². The van der Waals surface area contributed by atoms with Gasteiger partial charge in [0.15, 0.2) is 0 Å². The van der Waals surface area contributed by atoms with Gasteiger partial charge in [-0.3, -0.25) is 9.59 Å². The van der Waals surface area contributed by atoms with Crippen LogP contribution in [0.3, 0.4) is 0 Å². The van der Waals surface area contributed by atoms with Crippen LogP contribution in [0.1, 0.15) is 60.2 Å². The molecule has 0 spiro atoms.